The van der Waals surface area contributed by atoms with Crippen LogP contribution in [0, 0.1) is 11.8 Å². The summed E-state index contributed by atoms with van der Waals surface area (Å²) < 4.78 is 0. The summed E-state index contributed by atoms with van der Waals surface area (Å²) in [5.74, 6) is 5.96. The highest BCUT2D eigenvalue weighted by Crippen LogP contribution is 2.06. The van der Waals surface area contributed by atoms with Crippen LogP contribution in [-0.4, -0.2) is 55.1 Å². The standard InChI is InChI=1S/C16H22N2O2/c1-17(2)13-16(20)18(3)12-15-9-7-14(8-10-15)6-4-5-11-19/h7-10,19H,5,11-13H2,1-3H3. The minimum atomic E-state index is 0.0872. The van der Waals surface area contributed by atoms with Gasteiger partial charge in [-0.3, -0.25) is 4.79 Å². The Labute approximate surface area is 121 Å². The van der Waals surface area contributed by atoms with Gasteiger partial charge in [0.15, 0.2) is 0 Å². The summed E-state index contributed by atoms with van der Waals surface area (Å²) >= 11 is 0. The zero-order chi connectivity index (χ0) is 15.0. The molecule has 0 aromatic heterocycles. The van der Waals surface area contributed by atoms with Crippen LogP contribution in [0.5, 0.6) is 0 Å². The summed E-state index contributed by atoms with van der Waals surface area (Å²) in [5, 5.41) is 8.66. The molecule has 20 heavy (non-hydrogen) atoms. The van der Waals surface area contributed by atoms with Gasteiger partial charge < -0.3 is 14.9 Å². The highest BCUT2D eigenvalue weighted by molar-refractivity contribution is 5.77. The highest BCUT2D eigenvalue weighted by atomic mass is 16.2. The minimum absolute atomic E-state index is 0.0872. The van der Waals surface area contributed by atoms with Gasteiger partial charge in [-0.1, -0.05) is 24.0 Å². The number of hydrogen-bond donors (Lipinski definition) is 1. The monoisotopic (exact) mass is 274 g/mol. The van der Waals surface area contributed by atoms with Crippen molar-refractivity contribution in [2.45, 2.75) is 13.0 Å². The first-order valence-electron chi connectivity index (χ1n) is 6.60. The van der Waals surface area contributed by atoms with Crippen molar-refractivity contribution in [1.29, 1.82) is 0 Å². The van der Waals surface area contributed by atoms with E-state index in [1.165, 1.54) is 0 Å². The van der Waals surface area contributed by atoms with Gasteiger partial charge in [0.05, 0.1) is 13.2 Å². The maximum Gasteiger partial charge on any atom is 0.236 e. The Balaban J connectivity index is 2.57. The van der Waals surface area contributed by atoms with E-state index in [0.29, 0.717) is 19.5 Å². The molecule has 0 spiro atoms. The summed E-state index contributed by atoms with van der Waals surface area (Å²) in [6.07, 6.45) is 0.490. The second-order valence-electron chi connectivity index (χ2n) is 4.96. The van der Waals surface area contributed by atoms with Crippen LogP contribution < -0.4 is 0 Å². The molecule has 1 aromatic rings. The zero-order valence-electron chi connectivity index (χ0n) is 12.4. The summed E-state index contributed by atoms with van der Waals surface area (Å²) in [6, 6.07) is 7.82. The molecule has 0 heterocycles. The highest BCUT2D eigenvalue weighted by Gasteiger charge is 2.09. The lowest BCUT2D eigenvalue weighted by molar-refractivity contribution is -0.131. The molecular formula is C16H22N2O2. The first-order chi connectivity index (χ1) is 9.52. The third-order valence-electron chi connectivity index (χ3n) is 2.72. The van der Waals surface area contributed by atoms with Gasteiger partial charge in [0.1, 0.15) is 0 Å². The van der Waals surface area contributed by atoms with E-state index < -0.39 is 0 Å². The van der Waals surface area contributed by atoms with Gasteiger partial charge in [-0.05, 0) is 31.8 Å². The molecule has 1 aromatic carbocycles. The average molecular weight is 274 g/mol. The fraction of sp³-hybridized carbons (Fsp3) is 0.438. The number of aliphatic hydroxyl groups excluding tert-OH is 1. The fourth-order valence-corrected chi connectivity index (χ4v) is 1.67. The van der Waals surface area contributed by atoms with Crippen molar-refractivity contribution in [3.8, 4) is 11.8 Å². The number of rotatable bonds is 5. The largest absolute Gasteiger partial charge is 0.395 e. The van der Waals surface area contributed by atoms with E-state index in [1.54, 1.807) is 11.9 Å². The van der Waals surface area contributed by atoms with Crippen LogP contribution in [0.1, 0.15) is 17.5 Å². The van der Waals surface area contributed by atoms with E-state index in [1.807, 2.05) is 43.3 Å². The number of hydrogen-bond acceptors (Lipinski definition) is 3. The van der Waals surface area contributed by atoms with Crippen LogP contribution >= 0.6 is 0 Å². The van der Waals surface area contributed by atoms with Gasteiger partial charge >= 0.3 is 0 Å². The molecule has 1 rings (SSSR count). The second kappa shape index (κ2) is 8.36. The van der Waals surface area contributed by atoms with E-state index in [9.17, 15) is 4.79 Å². The Bertz CT molecular complexity index is 483. The minimum Gasteiger partial charge on any atom is -0.395 e. The lowest BCUT2D eigenvalue weighted by Gasteiger charge is -2.19. The molecule has 0 saturated carbocycles. The Morgan fingerprint density at radius 2 is 1.85 bits per heavy atom. The summed E-state index contributed by atoms with van der Waals surface area (Å²) in [7, 11) is 5.57. The Kier molecular flexibility index (Phi) is 6.78. The number of amides is 1. The lowest BCUT2D eigenvalue weighted by atomic mass is 10.1. The van der Waals surface area contributed by atoms with Gasteiger partial charge in [-0.15, -0.1) is 0 Å². The molecule has 0 aliphatic heterocycles. The van der Waals surface area contributed by atoms with Crippen molar-refractivity contribution >= 4 is 5.91 Å². The predicted octanol–water partition coefficient (Wildman–Crippen LogP) is 0.940. The summed E-state index contributed by atoms with van der Waals surface area (Å²) in [6.45, 7) is 1.10. The van der Waals surface area contributed by atoms with Crippen LogP contribution in [-0.2, 0) is 11.3 Å². The third-order valence-corrected chi connectivity index (χ3v) is 2.72. The molecule has 0 saturated heterocycles. The van der Waals surface area contributed by atoms with E-state index in [0.717, 1.165) is 11.1 Å². The van der Waals surface area contributed by atoms with Gasteiger partial charge in [0.2, 0.25) is 5.91 Å². The smallest absolute Gasteiger partial charge is 0.236 e. The Morgan fingerprint density at radius 3 is 2.40 bits per heavy atom. The van der Waals surface area contributed by atoms with Crippen LogP contribution in [0.3, 0.4) is 0 Å². The molecule has 0 bridgehead atoms. The van der Waals surface area contributed by atoms with E-state index in [4.69, 9.17) is 5.11 Å². The molecule has 1 amide bonds. The topological polar surface area (TPSA) is 43.8 Å². The van der Waals surface area contributed by atoms with E-state index in [-0.39, 0.29) is 12.5 Å². The average Bonchev–Trinajstić information content (AvgIpc) is 2.40. The van der Waals surface area contributed by atoms with Crippen LogP contribution in [0.4, 0.5) is 0 Å². The third kappa shape index (κ3) is 5.87. The van der Waals surface area contributed by atoms with Crippen LogP contribution in [0.2, 0.25) is 0 Å². The molecule has 0 aliphatic rings. The van der Waals surface area contributed by atoms with Crippen molar-refractivity contribution in [3.05, 3.63) is 35.4 Å². The Hall–Kier alpha value is -1.83. The maximum absolute atomic E-state index is 11.8. The fourth-order valence-electron chi connectivity index (χ4n) is 1.67. The maximum atomic E-state index is 11.8. The van der Waals surface area contributed by atoms with E-state index >= 15 is 0 Å². The summed E-state index contributed by atoms with van der Waals surface area (Å²) in [5.41, 5.74) is 2.00. The van der Waals surface area contributed by atoms with Gasteiger partial charge in [0.25, 0.3) is 0 Å². The predicted molar refractivity (Wildman–Crippen MR) is 80.1 cm³/mol. The van der Waals surface area contributed by atoms with Crippen molar-refractivity contribution in [2.75, 3.05) is 34.3 Å². The zero-order valence-corrected chi connectivity index (χ0v) is 12.4. The molecular weight excluding hydrogens is 252 g/mol. The quantitative estimate of drug-likeness (QED) is 0.813. The molecule has 108 valence electrons. The number of carbonyl (C=O) groups excluding carboxylic acids is 1. The lowest BCUT2D eigenvalue weighted by Crippen LogP contribution is -2.34. The van der Waals surface area contributed by atoms with Gasteiger partial charge in [-0.2, -0.15) is 0 Å². The van der Waals surface area contributed by atoms with Crippen molar-refractivity contribution in [3.63, 3.8) is 0 Å². The normalized spacial score (nSPS) is 10.1. The first-order valence-corrected chi connectivity index (χ1v) is 6.60. The van der Waals surface area contributed by atoms with Gasteiger partial charge in [-0.25, -0.2) is 0 Å². The molecule has 1 N–H and O–H groups in total. The molecule has 0 aliphatic carbocycles. The Morgan fingerprint density at radius 1 is 1.20 bits per heavy atom. The first kappa shape index (κ1) is 16.2. The molecule has 0 unspecified atom stereocenters. The molecule has 0 radical (unpaired) electrons. The summed E-state index contributed by atoms with van der Waals surface area (Å²) in [4.78, 5) is 15.4. The molecule has 0 atom stereocenters. The number of carbonyl (C=O) groups is 1. The van der Waals surface area contributed by atoms with Crippen molar-refractivity contribution in [2.24, 2.45) is 0 Å². The van der Waals surface area contributed by atoms with Crippen LogP contribution in [0.15, 0.2) is 24.3 Å². The number of benzene rings is 1. The molecule has 4 nitrogen and oxygen atoms in total. The van der Waals surface area contributed by atoms with Gasteiger partial charge in [0, 0.05) is 25.6 Å². The van der Waals surface area contributed by atoms with Crippen molar-refractivity contribution < 1.29 is 9.90 Å². The van der Waals surface area contributed by atoms with E-state index in [2.05, 4.69) is 11.8 Å². The number of aliphatic hydroxyl groups is 1. The molecule has 0 fully saturated rings. The SMILES string of the molecule is CN(C)CC(=O)N(C)Cc1ccc(C#CCCO)cc1. The number of nitrogens with zero attached hydrogens (tertiary/aromatic N) is 2. The van der Waals surface area contributed by atoms with Crippen LogP contribution in [0.25, 0.3) is 0 Å². The number of likely N-dealkylation sites (N-methyl/N-ethyl adjacent to an activating group) is 2. The van der Waals surface area contributed by atoms with Crippen molar-refractivity contribution in [1.82, 2.24) is 9.80 Å². The second-order valence-corrected chi connectivity index (χ2v) is 4.96. The molecule has 4 heteroatoms.